The number of piperazine rings is 1. The van der Waals surface area contributed by atoms with Gasteiger partial charge in [0.15, 0.2) is 0 Å². The van der Waals surface area contributed by atoms with Gasteiger partial charge in [-0.1, -0.05) is 0 Å². The Bertz CT molecular complexity index is 1120. The highest BCUT2D eigenvalue weighted by atomic mass is 32.1. The van der Waals surface area contributed by atoms with Crippen molar-refractivity contribution < 1.29 is 13.2 Å². The van der Waals surface area contributed by atoms with Crippen molar-refractivity contribution in [3.63, 3.8) is 0 Å². The molecular weight excluding hydrogens is 451 g/mol. The minimum absolute atomic E-state index is 0.351. The van der Waals surface area contributed by atoms with Gasteiger partial charge in [-0.25, -0.2) is 9.97 Å². The molecule has 4 heterocycles. The van der Waals surface area contributed by atoms with Crippen molar-refractivity contribution >= 4 is 28.1 Å². The van der Waals surface area contributed by atoms with Gasteiger partial charge >= 0.3 is 6.18 Å². The second kappa shape index (κ2) is 8.84. The maximum atomic E-state index is 12.8. The Morgan fingerprint density at radius 3 is 2.73 bits per heavy atom. The lowest BCUT2D eigenvalue weighted by molar-refractivity contribution is -0.142. The number of nitrogens with two attached hydrogens (primary N) is 1. The van der Waals surface area contributed by atoms with E-state index in [9.17, 15) is 13.2 Å². The number of nitrogen functional groups attached to an aromatic ring is 1. The fourth-order valence-corrected chi connectivity index (χ4v) is 6.65. The van der Waals surface area contributed by atoms with Crippen molar-refractivity contribution in [2.75, 3.05) is 25.4 Å². The van der Waals surface area contributed by atoms with Crippen molar-refractivity contribution in [3.05, 3.63) is 23.6 Å². The van der Waals surface area contributed by atoms with E-state index in [1.165, 1.54) is 18.7 Å². The Labute approximate surface area is 194 Å². The van der Waals surface area contributed by atoms with Gasteiger partial charge in [0.25, 0.3) is 0 Å². The van der Waals surface area contributed by atoms with Crippen LogP contribution in [0.25, 0.3) is 21.3 Å². The third-order valence-electron chi connectivity index (χ3n) is 6.77. The van der Waals surface area contributed by atoms with Gasteiger partial charge in [0.05, 0.1) is 22.0 Å². The molecule has 3 aromatic rings. The zero-order valence-electron chi connectivity index (χ0n) is 18.5. The fraction of sp³-hybridized carbons (Fsp3) is 0.591. The summed E-state index contributed by atoms with van der Waals surface area (Å²) in [6, 6.07) is 1.13. The number of fused-ring (bicyclic) bond motifs is 1. The predicted octanol–water partition coefficient (Wildman–Crippen LogP) is 4.02. The van der Waals surface area contributed by atoms with Gasteiger partial charge in [-0.05, 0) is 38.5 Å². The summed E-state index contributed by atoms with van der Waals surface area (Å²) in [6.45, 7) is 4.34. The molecule has 2 aliphatic rings. The van der Waals surface area contributed by atoms with E-state index in [4.69, 9.17) is 5.73 Å². The molecule has 7 nitrogen and oxygen atoms in total. The normalized spacial score (nSPS) is 25.0. The molecular formula is C22H28F3N7S. The van der Waals surface area contributed by atoms with E-state index in [2.05, 4.69) is 32.2 Å². The molecule has 3 N–H and O–H groups in total. The molecule has 1 saturated heterocycles. The van der Waals surface area contributed by atoms with Crippen LogP contribution in [0, 0.1) is 0 Å². The summed E-state index contributed by atoms with van der Waals surface area (Å²) in [5.74, 6) is 0.715. The molecule has 1 saturated carbocycles. The Balaban J connectivity index is 1.40. The first kappa shape index (κ1) is 22.5. The first-order chi connectivity index (χ1) is 15.8. The molecule has 0 amide bonds. The SMILES string of the molecule is C[C@@H]1CN(C2CCC(c3sc(-c4cnn(CC(F)(F)F)c4)c4c(N)ncnc34)CC2)CCN1. The topological polar surface area (TPSA) is 84.9 Å². The Kier molecular flexibility index (Phi) is 6.04. The highest BCUT2D eigenvalue weighted by Gasteiger charge is 2.32. The molecule has 1 aliphatic heterocycles. The first-order valence-corrected chi connectivity index (χ1v) is 12.2. The predicted molar refractivity (Wildman–Crippen MR) is 123 cm³/mol. The number of alkyl halides is 3. The number of thiophene rings is 1. The summed E-state index contributed by atoms with van der Waals surface area (Å²) in [7, 11) is 0. The van der Waals surface area contributed by atoms with Crippen LogP contribution in [0.5, 0.6) is 0 Å². The number of hydrogen-bond donors (Lipinski definition) is 2. The molecule has 3 aromatic heterocycles. The van der Waals surface area contributed by atoms with Gasteiger partial charge in [0, 0.05) is 48.4 Å². The molecule has 0 unspecified atom stereocenters. The average molecular weight is 480 g/mol. The number of aromatic nitrogens is 4. The lowest BCUT2D eigenvalue weighted by atomic mass is 9.83. The number of nitrogens with one attached hydrogen (secondary N) is 1. The van der Waals surface area contributed by atoms with Crippen molar-refractivity contribution in [3.8, 4) is 10.4 Å². The van der Waals surface area contributed by atoms with E-state index in [1.807, 2.05) is 0 Å². The van der Waals surface area contributed by atoms with E-state index in [0.717, 1.165) is 70.7 Å². The van der Waals surface area contributed by atoms with E-state index in [-0.39, 0.29) is 0 Å². The van der Waals surface area contributed by atoms with E-state index in [0.29, 0.717) is 29.4 Å². The number of nitrogens with zero attached hydrogens (tertiary/aromatic N) is 5. The average Bonchev–Trinajstić information content (AvgIpc) is 3.38. The van der Waals surface area contributed by atoms with Crippen LogP contribution in [0.4, 0.5) is 19.0 Å². The molecule has 2 fully saturated rings. The second-order valence-electron chi connectivity index (χ2n) is 9.18. The van der Waals surface area contributed by atoms with Crippen LogP contribution in [0.1, 0.15) is 43.4 Å². The zero-order valence-corrected chi connectivity index (χ0v) is 19.3. The smallest absolute Gasteiger partial charge is 0.383 e. The standard InChI is InChI=1S/C22H28F3N7S/c1-13-9-31(7-6-27-13)16-4-2-14(3-5-16)20-18-17(21(26)29-12-28-18)19(33-20)15-8-30-32(10-15)11-22(23,24)25/h8,10,12-14,16,27H,2-7,9,11H2,1H3,(H2,26,28,29)/t13-,14?,16?/m1/s1. The Morgan fingerprint density at radius 2 is 2.00 bits per heavy atom. The highest BCUT2D eigenvalue weighted by Crippen LogP contribution is 2.47. The number of halogens is 3. The van der Waals surface area contributed by atoms with Gasteiger partial charge in [-0.2, -0.15) is 18.3 Å². The molecule has 0 bridgehead atoms. The van der Waals surface area contributed by atoms with Crippen LogP contribution < -0.4 is 11.1 Å². The Hall–Kier alpha value is -2.24. The second-order valence-corrected chi connectivity index (χ2v) is 10.2. The third kappa shape index (κ3) is 4.71. The van der Waals surface area contributed by atoms with Gasteiger partial charge < -0.3 is 11.1 Å². The van der Waals surface area contributed by atoms with Crippen LogP contribution in [0.2, 0.25) is 0 Å². The van der Waals surface area contributed by atoms with Crippen molar-refractivity contribution in [2.45, 2.75) is 63.3 Å². The summed E-state index contributed by atoms with van der Waals surface area (Å²) in [5.41, 5.74) is 7.65. The van der Waals surface area contributed by atoms with Crippen LogP contribution in [0.15, 0.2) is 18.7 Å². The molecule has 0 radical (unpaired) electrons. The number of rotatable bonds is 4. The van der Waals surface area contributed by atoms with E-state index in [1.54, 1.807) is 11.3 Å². The summed E-state index contributed by atoms with van der Waals surface area (Å²) in [4.78, 5) is 13.3. The maximum absolute atomic E-state index is 12.8. The van der Waals surface area contributed by atoms with Crippen molar-refractivity contribution in [1.82, 2.24) is 30.0 Å². The number of hydrogen-bond acceptors (Lipinski definition) is 7. The molecule has 0 spiro atoms. The van der Waals surface area contributed by atoms with Crippen molar-refractivity contribution in [1.29, 1.82) is 0 Å². The first-order valence-electron chi connectivity index (χ1n) is 11.4. The molecule has 11 heteroatoms. The van der Waals surface area contributed by atoms with Crippen molar-refractivity contribution in [2.24, 2.45) is 0 Å². The van der Waals surface area contributed by atoms with Gasteiger partial charge in [-0.3, -0.25) is 9.58 Å². The minimum Gasteiger partial charge on any atom is -0.383 e. The van der Waals surface area contributed by atoms with Gasteiger partial charge in [-0.15, -0.1) is 11.3 Å². The Morgan fingerprint density at radius 1 is 1.21 bits per heavy atom. The van der Waals surface area contributed by atoms with Crippen LogP contribution in [-0.4, -0.2) is 62.5 Å². The van der Waals surface area contributed by atoms with Crippen LogP contribution >= 0.6 is 11.3 Å². The highest BCUT2D eigenvalue weighted by molar-refractivity contribution is 7.17. The summed E-state index contributed by atoms with van der Waals surface area (Å²) in [5, 5.41) is 8.15. The molecule has 33 heavy (non-hydrogen) atoms. The van der Waals surface area contributed by atoms with Crippen LogP contribution in [-0.2, 0) is 6.54 Å². The molecule has 178 valence electrons. The summed E-state index contributed by atoms with van der Waals surface area (Å²) < 4.78 is 39.3. The maximum Gasteiger partial charge on any atom is 0.408 e. The lowest BCUT2D eigenvalue weighted by Crippen LogP contribution is -2.53. The molecule has 1 atom stereocenters. The largest absolute Gasteiger partial charge is 0.408 e. The minimum atomic E-state index is -4.32. The quantitative estimate of drug-likeness (QED) is 0.588. The third-order valence-corrected chi connectivity index (χ3v) is 8.16. The van der Waals surface area contributed by atoms with Crippen LogP contribution in [0.3, 0.4) is 0 Å². The van der Waals surface area contributed by atoms with E-state index >= 15 is 0 Å². The molecule has 5 rings (SSSR count). The number of anilines is 1. The van der Waals surface area contributed by atoms with Gasteiger partial charge in [0.1, 0.15) is 18.7 Å². The molecule has 0 aromatic carbocycles. The van der Waals surface area contributed by atoms with Gasteiger partial charge in [0.2, 0.25) is 0 Å². The molecule has 1 aliphatic carbocycles. The summed E-state index contributed by atoms with van der Waals surface area (Å²) in [6.07, 6.45) is 4.44. The summed E-state index contributed by atoms with van der Waals surface area (Å²) >= 11 is 1.57. The fourth-order valence-electron chi connectivity index (χ4n) is 5.25. The van der Waals surface area contributed by atoms with E-state index < -0.39 is 12.7 Å². The zero-order chi connectivity index (χ0) is 23.2. The lowest BCUT2D eigenvalue weighted by Gasteiger charge is -2.41. The monoisotopic (exact) mass is 479 g/mol.